The van der Waals surface area contributed by atoms with E-state index >= 15 is 0 Å². The third-order valence-corrected chi connectivity index (χ3v) is 3.97. The van der Waals surface area contributed by atoms with Crippen molar-refractivity contribution in [3.05, 3.63) is 42.5 Å². The molecular weight excluding hydrogens is 291 g/mol. The van der Waals surface area contributed by atoms with Crippen molar-refractivity contribution in [1.82, 2.24) is 29.6 Å². The minimum absolute atomic E-state index is 0.286. The number of nitrogens with zero attached hydrogens (tertiary/aromatic N) is 6. The molecule has 8 heteroatoms. The molecule has 0 aliphatic heterocycles. The van der Waals surface area contributed by atoms with E-state index in [4.69, 9.17) is 0 Å². The van der Waals surface area contributed by atoms with Gasteiger partial charge in [-0.05, 0) is 12.1 Å². The molecule has 0 radical (unpaired) electrons. The topological polar surface area (TPSA) is 60.9 Å². The summed E-state index contributed by atoms with van der Waals surface area (Å²) in [5.41, 5.74) is 1.56. The van der Waals surface area contributed by atoms with Gasteiger partial charge in [-0.25, -0.2) is 4.39 Å². The summed E-state index contributed by atoms with van der Waals surface area (Å²) in [7, 11) is 1.83. The van der Waals surface area contributed by atoms with Gasteiger partial charge in [0.05, 0.1) is 11.8 Å². The van der Waals surface area contributed by atoms with Crippen LogP contribution in [0.1, 0.15) is 0 Å². The minimum Gasteiger partial charge on any atom is -0.275 e. The highest BCUT2D eigenvalue weighted by molar-refractivity contribution is 7.19. The normalized spacial score (nSPS) is 11.3. The Bertz CT molecular complexity index is 937. The summed E-state index contributed by atoms with van der Waals surface area (Å²) in [6.45, 7) is 0. The second-order valence-corrected chi connectivity index (χ2v) is 5.49. The highest BCUT2D eigenvalue weighted by Gasteiger charge is 2.15. The number of hydrogen-bond acceptors (Lipinski definition) is 5. The molecule has 104 valence electrons. The van der Waals surface area contributed by atoms with Crippen LogP contribution in [-0.2, 0) is 7.05 Å². The van der Waals surface area contributed by atoms with Gasteiger partial charge in [-0.15, -0.1) is 10.2 Å². The van der Waals surface area contributed by atoms with Crippen LogP contribution in [0.4, 0.5) is 4.39 Å². The maximum atomic E-state index is 13.3. The lowest BCUT2D eigenvalue weighted by Crippen LogP contribution is -1.90. The fraction of sp³-hybridized carbons (Fsp3) is 0.0769. The molecule has 0 fully saturated rings. The molecule has 0 atom stereocenters. The monoisotopic (exact) mass is 300 g/mol. The van der Waals surface area contributed by atoms with Gasteiger partial charge >= 0.3 is 0 Å². The van der Waals surface area contributed by atoms with Crippen molar-refractivity contribution in [3.63, 3.8) is 0 Å². The first-order valence-corrected chi connectivity index (χ1v) is 6.99. The van der Waals surface area contributed by atoms with Crippen molar-refractivity contribution < 1.29 is 4.39 Å². The van der Waals surface area contributed by atoms with Crippen LogP contribution in [0.5, 0.6) is 0 Å². The molecule has 0 unspecified atom stereocenters. The quantitative estimate of drug-likeness (QED) is 0.570. The second kappa shape index (κ2) is 4.45. The molecule has 4 aromatic rings. The van der Waals surface area contributed by atoms with Gasteiger partial charge in [-0.2, -0.15) is 14.7 Å². The van der Waals surface area contributed by atoms with Crippen LogP contribution in [0.15, 0.2) is 36.7 Å². The number of aromatic nitrogens is 6. The molecule has 3 aromatic heterocycles. The van der Waals surface area contributed by atoms with E-state index in [2.05, 4.69) is 20.4 Å². The van der Waals surface area contributed by atoms with Crippen molar-refractivity contribution in [2.75, 3.05) is 0 Å². The van der Waals surface area contributed by atoms with Gasteiger partial charge in [0.15, 0.2) is 5.82 Å². The van der Waals surface area contributed by atoms with Gasteiger partial charge in [0.2, 0.25) is 4.96 Å². The summed E-state index contributed by atoms with van der Waals surface area (Å²) < 4.78 is 16.7. The zero-order valence-electron chi connectivity index (χ0n) is 10.9. The van der Waals surface area contributed by atoms with Crippen molar-refractivity contribution in [2.45, 2.75) is 0 Å². The first kappa shape index (κ1) is 12.2. The van der Waals surface area contributed by atoms with Crippen LogP contribution in [0.3, 0.4) is 0 Å². The fourth-order valence-corrected chi connectivity index (χ4v) is 2.91. The van der Waals surface area contributed by atoms with E-state index in [1.54, 1.807) is 21.5 Å². The Labute approximate surface area is 122 Å². The molecule has 3 heterocycles. The maximum absolute atomic E-state index is 13.3. The van der Waals surface area contributed by atoms with Crippen LogP contribution < -0.4 is 0 Å². The van der Waals surface area contributed by atoms with E-state index in [0.717, 1.165) is 11.1 Å². The summed E-state index contributed by atoms with van der Waals surface area (Å²) in [6, 6.07) is 6.34. The molecule has 1 aromatic carbocycles. The largest absolute Gasteiger partial charge is 0.275 e. The summed E-state index contributed by atoms with van der Waals surface area (Å²) in [4.78, 5) is 0.660. The number of rotatable bonds is 2. The van der Waals surface area contributed by atoms with Crippen molar-refractivity contribution >= 4 is 16.3 Å². The number of benzene rings is 1. The Kier molecular flexibility index (Phi) is 2.58. The van der Waals surface area contributed by atoms with Crippen LogP contribution in [0, 0.1) is 5.82 Å². The van der Waals surface area contributed by atoms with Gasteiger partial charge in [0.1, 0.15) is 10.8 Å². The SMILES string of the molecule is Cn1cc(-c2nnc3sc(-c4cccc(F)c4)nn23)cn1. The van der Waals surface area contributed by atoms with Crippen LogP contribution in [-0.4, -0.2) is 29.6 Å². The molecule has 0 spiro atoms. The first-order valence-electron chi connectivity index (χ1n) is 6.18. The average molecular weight is 300 g/mol. The molecule has 0 aliphatic carbocycles. The minimum atomic E-state index is -0.286. The Morgan fingerprint density at radius 2 is 2.10 bits per heavy atom. The van der Waals surface area contributed by atoms with E-state index in [9.17, 15) is 4.39 Å². The lowest BCUT2D eigenvalue weighted by Gasteiger charge is -1.95. The average Bonchev–Trinajstić information content (AvgIpc) is 3.13. The number of halogens is 1. The Balaban J connectivity index is 1.86. The molecule has 21 heavy (non-hydrogen) atoms. The highest BCUT2D eigenvalue weighted by Crippen LogP contribution is 2.28. The van der Waals surface area contributed by atoms with Crippen LogP contribution in [0.25, 0.3) is 26.9 Å². The molecular formula is C13H9FN6S. The molecule has 6 nitrogen and oxygen atoms in total. The molecule has 0 saturated heterocycles. The molecule has 0 saturated carbocycles. The predicted octanol–water partition coefficient (Wildman–Crippen LogP) is 2.39. The molecule has 0 bridgehead atoms. The lowest BCUT2D eigenvalue weighted by atomic mass is 10.2. The van der Waals surface area contributed by atoms with Gasteiger partial charge in [0, 0.05) is 18.8 Å². The Morgan fingerprint density at radius 1 is 1.19 bits per heavy atom. The summed E-state index contributed by atoms with van der Waals surface area (Å²) in [5.74, 6) is 0.336. The zero-order valence-corrected chi connectivity index (χ0v) is 11.8. The Hall–Kier alpha value is -2.61. The number of aryl methyl sites for hydroxylation is 1. The Morgan fingerprint density at radius 3 is 2.86 bits per heavy atom. The van der Waals surface area contributed by atoms with E-state index in [1.165, 1.54) is 23.5 Å². The van der Waals surface area contributed by atoms with Gasteiger partial charge in [0.25, 0.3) is 0 Å². The van der Waals surface area contributed by atoms with Gasteiger partial charge in [-0.1, -0.05) is 23.5 Å². The van der Waals surface area contributed by atoms with E-state index in [-0.39, 0.29) is 5.82 Å². The number of fused-ring (bicyclic) bond motifs is 1. The van der Waals surface area contributed by atoms with Crippen LogP contribution in [0.2, 0.25) is 0 Å². The molecule has 0 aliphatic rings. The molecule has 4 rings (SSSR count). The first-order chi connectivity index (χ1) is 10.2. The van der Waals surface area contributed by atoms with Crippen LogP contribution >= 0.6 is 11.3 Å². The maximum Gasteiger partial charge on any atom is 0.235 e. The summed E-state index contributed by atoms with van der Waals surface area (Å²) in [5, 5.41) is 17.5. The number of hydrogen-bond donors (Lipinski definition) is 0. The van der Waals surface area contributed by atoms with Gasteiger partial charge in [-0.3, -0.25) is 4.68 Å². The highest BCUT2D eigenvalue weighted by atomic mass is 32.1. The second-order valence-electron chi connectivity index (χ2n) is 4.54. The zero-order chi connectivity index (χ0) is 14.4. The van der Waals surface area contributed by atoms with E-state index in [0.29, 0.717) is 15.8 Å². The standard InChI is InChI=1S/C13H9FN6S/c1-19-7-9(6-15-19)11-16-17-13-20(11)18-12(21-13)8-3-2-4-10(14)5-8/h2-7H,1H3. The third-order valence-electron chi connectivity index (χ3n) is 3.03. The lowest BCUT2D eigenvalue weighted by molar-refractivity contribution is 0.628. The molecule has 0 N–H and O–H groups in total. The van der Waals surface area contributed by atoms with Crippen molar-refractivity contribution in [2.24, 2.45) is 7.05 Å². The summed E-state index contributed by atoms with van der Waals surface area (Å²) >= 11 is 1.37. The summed E-state index contributed by atoms with van der Waals surface area (Å²) in [6.07, 6.45) is 3.55. The van der Waals surface area contributed by atoms with Crippen molar-refractivity contribution in [3.8, 4) is 22.0 Å². The van der Waals surface area contributed by atoms with E-state index < -0.39 is 0 Å². The molecule has 0 amide bonds. The van der Waals surface area contributed by atoms with E-state index in [1.807, 2.05) is 19.3 Å². The fourth-order valence-electron chi connectivity index (χ4n) is 2.07. The van der Waals surface area contributed by atoms with Gasteiger partial charge < -0.3 is 0 Å². The third kappa shape index (κ3) is 2.00. The van der Waals surface area contributed by atoms with Crippen molar-refractivity contribution in [1.29, 1.82) is 0 Å². The smallest absolute Gasteiger partial charge is 0.235 e. The predicted molar refractivity (Wildman–Crippen MR) is 76.3 cm³/mol.